The standard InChI is InChI=1S/C16H23FN2O/c1-12-11-13(6-7-15(12)17)16(20)19(2)10-8-14-5-3-4-9-18-14/h6-7,11,14,18H,3-5,8-10H2,1-2H3. The molecule has 20 heavy (non-hydrogen) atoms. The summed E-state index contributed by atoms with van der Waals surface area (Å²) < 4.78 is 13.2. The largest absolute Gasteiger partial charge is 0.342 e. The highest BCUT2D eigenvalue weighted by Crippen LogP contribution is 2.13. The molecule has 4 heteroatoms. The Kier molecular flexibility index (Phi) is 5.12. The Morgan fingerprint density at radius 3 is 2.90 bits per heavy atom. The van der Waals surface area contributed by atoms with E-state index in [0.717, 1.165) is 19.5 Å². The Morgan fingerprint density at radius 1 is 1.45 bits per heavy atom. The summed E-state index contributed by atoms with van der Waals surface area (Å²) in [7, 11) is 1.81. The molecule has 0 spiro atoms. The minimum absolute atomic E-state index is 0.0380. The van der Waals surface area contributed by atoms with E-state index in [1.165, 1.54) is 25.3 Å². The molecule has 1 unspecified atom stereocenters. The first-order valence-electron chi connectivity index (χ1n) is 7.33. The zero-order valence-electron chi connectivity index (χ0n) is 12.3. The Hall–Kier alpha value is -1.42. The summed E-state index contributed by atoms with van der Waals surface area (Å²) in [6.45, 7) is 3.49. The molecular weight excluding hydrogens is 255 g/mol. The fraction of sp³-hybridized carbons (Fsp3) is 0.562. The normalized spacial score (nSPS) is 18.9. The number of amides is 1. The van der Waals surface area contributed by atoms with Crippen LogP contribution in [-0.2, 0) is 0 Å². The lowest BCUT2D eigenvalue weighted by Crippen LogP contribution is -2.38. The molecule has 0 aromatic heterocycles. The quantitative estimate of drug-likeness (QED) is 0.918. The van der Waals surface area contributed by atoms with E-state index >= 15 is 0 Å². The number of rotatable bonds is 4. The van der Waals surface area contributed by atoms with Crippen LogP contribution in [-0.4, -0.2) is 37.0 Å². The summed E-state index contributed by atoms with van der Waals surface area (Å²) in [6.07, 6.45) is 4.69. The molecule has 0 bridgehead atoms. The fourth-order valence-electron chi connectivity index (χ4n) is 2.62. The summed E-state index contributed by atoms with van der Waals surface area (Å²) >= 11 is 0. The van der Waals surface area contributed by atoms with Gasteiger partial charge in [0, 0.05) is 25.2 Å². The number of aryl methyl sites for hydroxylation is 1. The Labute approximate surface area is 120 Å². The number of nitrogens with zero attached hydrogens (tertiary/aromatic N) is 1. The molecule has 1 aromatic carbocycles. The van der Waals surface area contributed by atoms with Crippen molar-refractivity contribution in [2.45, 2.75) is 38.6 Å². The van der Waals surface area contributed by atoms with Crippen molar-refractivity contribution in [3.05, 3.63) is 35.1 Å². The SMILES string of the molecule is Cc1cc(C(=O)N(C)CCC2CCCCN2)ccc1F. The average molecular weight is 278 g/mol. The first-order valence-corrected chi connectivity index (χ1v) is 7.33. The van der Waals surface area contributed by atoms with Gasteiger partial charge in [-0.3, -0.25) is 4.79 Å². The second-order valence-corrected chi connectivity index (χ2v) is 5.63. The highest BCUT2D eigenvalue weighted by atomic mass is 19.1. The molecule has 110 valence electrons. The number of nitrogens with one attached hydrogen (secondary N) is 1. The molecule has 1 heterocycles. The third kappa shape index (κ3) is 3.79. The first-order chi connectivity index (χ1) is 9.58. The monoisotopic (exact) mass is 278 g/mol. The van der Waals surface area contributed by atoms with Gasteiger partial charge in [-0.2, -0.15) is 0 Å². The van der Waals surface area contributed by atoms with Crippen molar-refractivity contribution in [3.63, 3.8) is 0 Å². The van der Waals surface area contributed by atoms with Crippen LogP contribution in [0.4, 0.5) is 4.39 Å². The molecule has 1 aliphatic rings. The van der Waals surface area contributed by atoms with Crippen molar-refractivity contribution in [1.82, 2.24) is 10.2 Å². The molecule has 0 radical (unpaired) electrons. The van der Waals surface area contributed by atoms with E-state index < -0.39 is 0 Å². The van der Waals surface area contributed by atoms with Gasteiger partial charge in [-0.05, 0) is 56.5 Å². The molecule has 1 saturated heterocycles. The summed E-state index contributed by atoms with van der Waals surface area (Å²) in [5.74, 6) is -0.306. The Bertz CT molecular complexity index is 470. The van der Waals surface area contributed by atoms with Crippen molar-refractivity contribution < 1.29 is 9.18 Å². The number of halogens is 1. The number of benzene rings is 1. The van der Waals surface area contributed by atoms with Crippen molar-refractivity contribution >= 4 is 5.91 Å². The second kappa shape index (κ2) is 6.84. The van der Waals surface area contributed by atoms with E-state index in [1.54, 1.807) is 24.0 Å². The lowest BCUT2D eigenvalue weighted by atomic mass is 10.0. The maximum atomic E-state index is 13.2. The lowest BCUT2D eigenvalue weighted by molar-refractivity contribution is 0.0788. The van der Waals surface area contributed by atoms with Gasteiger partial charge < -0.3 is 10.2 Å². The smallest absolute Gasteiger partial charge is 0.253 e. The molecule has 2 rings (SSSR count). The zero-order chi connectivity index (χ0) is 14.5. The third-order valence-electron chi connectivity index (χ3n) is 3.98. The molecule has 1 N–H and O–H groups in total. The highest BCUT2D eigenvalue weighted by molar-refractivity contribution is 5.94. The van der Waals surface area contributed by atoms with Gasteiger partial charge in [0.1, 0.15) is 5.82 Å². The first kappa shape index (κ1) is 15.0. The van der Waals surface area contributed by atoms with Crippen LogP contribution in [0.5, 0.6) is 0 Å². The molecule has 0 aliphatic carbocycles. The van der Waals surface area contributed by atoms with E-state index in [2.05, 4.69) is 5.32 Å². The number of hydrogen-bond acceptors (Lipinski definition) is 2. The van der Waals surface area contributed by atoms with Crippen LogP contribution in [0.3, 0.4) is 0 Å². The number of piperidine rings is 1. The van der Waals surface area contributed by atoms with Crippen LogP contribution in [0.15, 0.2) is 18.2 Å². The van der Waals surface area contributed by atoms with Crippen LogP contribution in [0, 0.1) is 12.7 Å². The van der Waals surface area contributed by atoms with Gasteiger partial charge >= 0.3 is 0 Å². The van der Waals surface area contributed by atoms with Crippen molar-refractivity contribution in [2.75, 3.05) is 20.1 Å². The minimum Gasteiger partial charge on any atom is -0.342 e. The molecule has 0 saturated carbocycles. The number of carbonyl (C=O) groups is 1. The topological polar surface area (TPSA) is 32.3 Å². The minimum atomic E-state index is -0.268. The van der Waals surface area contributed by atoms with Crippen molar-refractivity contribution in [2.24, 2.45) is 0 Å². The molecule has 1 amide bonds. The van der Waals surface area contributed by atoms with Gasteiger partial charge in [0.15, 0.2) is 0 Å². The zero-order valence-corrected chi connectivity index (χ0v) is 12.3. The fourth-order valence-corrected chi connectivity index (χ4v) is 2.62. The van der Waals surface area contributed by atoms with Crippen LogP contribution >= 0.6 is 0 Å². The van der Waals surface area contributed by atoms with Gasteiger partial charge in [-0.1, -0.05) is 6.42 Å². The van der Waals surface area contributed by atoms with Crippen LogP contribution in [0.25, 0.3) is 0 Å². The molecule has 1 atom stereocenters. The second-order valence-electron chi connectivity index (χ2n) is 5.63. The Morgan fingerprint density at radius 2 is 2.25 bits per heavy atom. The summed E-state index contributed by atoms with van der Waals surface area (Å²) in [4.78, 5) is 14.0. The number of hydrogen-bond donors (Lipinski definition) is 1. The van der Waals surface area contributed by atoms with E-state index in [0.29, 0.717) is 17.2 Å². The van der Waals surface area contributed by atoms with E-state index in [-0.39, 0.29) is 11.7 Å². The van der Waals surface area contributed by atoms with Crippen LogP contribution in [0.1, 0.15) is 41.6 Å². The molecule has 3 nitrogen and oxygen atoms in total. The van der Waals surface area contributed by atoms with E-state index in [9.17, 15) is 9.18 Å². The summed E-state index contributed by atoms with van der Waals surface area (Å²) in [6, 6.07) is 5.06. The highest BCUT2D eigenvalue weighted by Gasteiger charge is 2.16. The predicted molar refractivity (Wildman–Crippen MR) is 78.4 cm³/mol. The predicted octanol–water partition coefficient (Wildman–Crippen LogP) is 2.74. The lowest BCUT2D eigenvalue weighted by Gasteiger charge is -2.26. The Balaban J connectivity index is 1.89. The molecule has 1 fully saturated rings. The maximum Gasteiger partial charge on any atom is 0.253 e. The maximum absolute atomic E-state index is 13.2. The van der Waals surface area contributed by atoms with Crippen LogP contribution < -0.4 is 5.32 Å². The van der Waals surface area contributed by atoms with Crippen molar-refractivity contribution in [1.29, 1.82) is 0 Å². The van der Waals surface area contributed by atoms with Crippen molar-refractivity contribution in [3.8, 4) is 0 Å². The van der Waals surface area contributed by atoms with E-state index in [4.69, 9.17) is 0 Å². The molecule has 1 aromatic rings. The number of carbonyl (C=O) groups excluding carboxylic acids is 1. The molecule has 1 aliphatic heterocycles. The van der Waals surface area contributed by atoms with Crippen LogP contribution in [0.2, 0.25) is 0 Å². The van der Waals surface area contributed by atoms with Gasteiger partial charge in [0.2, 0.25) is 0 Å². The average Bonchev–Trinajstić information content (AvgIpc) is 2.48. The summed E-state index contributed by atoms with van der Waals surface area (Å²) in [5.41, 5.74) is 1.07. The third-order valence-corrected chi connectivity index (χ3v) is 3.98. The van der Waals surface area contributed by atoms with Gasteiger partial charge in [0.25, 0.3) is 5.91 Å². The molecular formula is C16H23FN2O. The van der Waals surface area contributed by atoms with Gasteiger partial charge in [-0.25, -0.2) is 4.39 Å². The van der Waals surface area contributed by atoms with Gasteiger partial charge in [-0.15, -0.1) is 0 Å². The summed E-state index contributed by atoms with van der Waals surface area (Å²) in [5, 5.41) is 3.48. The van der Waals surface area contributed by atoms with Gasteiger partial charge in [0.05, 0.1) is 0 Å². The van der Waals surface area contributed by atoms with E-state index in [1.807, 2.05) is 7.05 Å².